The molecular formula is C10H20ClNO2. The molecule has 0 saturated carbocycles. The van der Waals surface area contributed by atoms with Crippen molar-refractivity contribution in [1.29, 1.82) is 0 Å². The van der Waals surface area contributed by atoms with Gasteiger partial charge in [0.1, 0.15) is 0 Å². The summed E-state index contributed by atoms with van der Waals surface area (Å²) in [5.74, 6) is -0.850. The predicted molar refractivity (Wildman–Crippen MR) is 52.2 cm³/mol. The van der Waals surface area contributed by atoms with Crippen molar-refractivity contribution in [3.05, 3.63) is 12.2 Å². The summed E-state index contributed by atoms with van der Waals surface area (Å²) in [6.45, 7) is 1.03. The van der Waals surface area contributed by atoms with E-state index in [4.69, 9.17) is 5.11 Å². The molecule has 0 radical (unpaired) electrons. The van der Waals surface area contributed by atoms with E-state index in [1.807, 2.05) is 0 Å². The highest BCUT2D eigenvalue weighted by Crippen LogP contribution is 2.04. The van der Waals surface area contributed by atoms with Crippen LogP contribution in [-0.2, 0) is 4.79 Å². The average molecular weight is 222 g/mol. The van der Waals surface area contributed by atoms with Gasteiger partial charge in [-0.1, -0.05) is 18.9 Å². The van der Waals surface area contributed by atoms with Gasteiger partial charge in [0.05, 0.1) is 6.54 Å². The molecule has 0 aliphatic carbocycles. The third-order valence-corrected chi connectivity index (χ3v) is 1.88. The molecule has 0 bridgehead atoms. The van der Waals surface area contributed by atoms with Gasteiger partial charge in [0, 0.05) is 6.08 Å². The van der Waals surface area contributed by atoms with Crippen LogP contribution in [0.25, 0.3) is 0 Å². The quantitative estimate of drug-likeness (QED) is 0.376. The third kappa shape index (κ3) is 14.0. The van der Waals surface area contributed by atoms with Crippen LogP contribution in [0.5, 0.6) is 0 Å². The number of unbranched alkanes of at least 4 members (excludes halogenated alkanes) is 5. The molecule has 4 N–H and O–H groups in total. The lowest BCUT2D eigenvalue weighted by Gasteiger charge is -1.96. The standard InChI is InChI=1S/C10H19NO2.ClH/c11-9-7-5-3-1-2-4-6-8-10(12)13;/h6,8H,1-5,7,9,11H2,(H,12,13);1H/b8-6+;. The van der Waals surface area contributed by atoms with Crippen LogP contribution in [0.2, 0.25) is 0 Å². The summed E-state index contributed by atoms with van der Waals surface area (Å²) in [5.41, 5.74) is 3.78. The molecule has 0 unspecified atom stereocenters. The number of carboxylic acids is 1. The van der Waals surface area contributed by atoms with Crippen molar-refractivity contribution < 1.29 is 28.0 Å². The molecule has 3 nitrogen and oxygen atoms in total. The summed E-state index contributed by atoms with van der Waals surface area (Å²) in [7, 11) is 0. The molecule has 0 aliphatic heterocycles. The lowest BCUT2D eigenvalue weighted by molar-refractivity contribution is -0.368. The summed E-state index contributed by atoms with van der Waals surface area (Å²) in [6, 6.07) is 0. The normalized spacial score (nSPS) is 10.1. The first-order chi connectivity index (χ1) is 6.27. The minimum absolute atomic E-state index is 0. The molecule has 0 rings (SSSR count). The minimum atomic E-state index is -0.850. The van der Waals surface area contributed by atoms with Crippen molar-refractivity contribution in [1.82, 2.24) is 0 Å². The highest BCUT2D eigenvalue weighted by Gasteiger charge is 1.89. The fraction of sp³-hybridized carbons (Fsp3) is 0.700. The van der Waals surface area contributed by atoms with E-state index in [-0.39, 0.29) is 12.4 Å². The van der Waals surface area contributed by atoms with Crippen LogP contribution in [0.1, 0.15) is 38.5 Å². The van der Waals surface area contributed by atoms with Gasteiger partial charge in [-0.25, -0.2) is 4.79 Å². The number of hydrogen-bond acceptors (Lipinski definition) is 1. The van der Waals surface area contributed by atoms with Crippen LogP contribution < -0.4 is 18.1 Å². The van der Waals surface area contributed by atoms with E-state index in [1.54, 1.807) is 6.08 Å². The lowest BCUT2D eigenvalue weighted by atomic mass is 10.1. The van der Waals surface area contributed by atoms with E-state index >= 15 is 0 Å². The Morgan fingerprint density at radius 1 is 1.14 bits per heavy atom. The minimum Gasteiger partial charge on any atom is -1.00 e. The lowest BCUT2D eigenvalue weighted by Crippen LogP contribution is -3.00. The van der Waals surface area contributed by atoms with Gasteiger partial charge in [-0.05, 0) is 25.7 Å². The number of carboxylic acid groups (broad SMARTS) is 1. The van der Waals surface area contributed by atoms with Gasteiger partial charge in [-0.3, -0.25) is 0 Å². The van der Waals surface area contributed by atoms with E-state index in [0.29, 0.717) is 0 Å². The summed E-state index contributed by atoms with van der Waals surface area (Å²) < 4.78 is 0. The second-order valence-electron chi connectivity index (χ2n) is 3.15. The Bertz CT molecular complexity index is 160. The smallest absolute Gasteiger partial charge is 0.327 e. The first kappa shape index (κ1) is 15.9. The number of carbonyl (C=O) groups is 1. The predicted octanol–water partition coefficient (Wildman–Crippen LogP) is -1.79. The topological polar surface area (TPSA) is 64.9 Å². The Kier molecular flexibility index (Phi) is 14.2. The molecule has 0 aromatic heterocycles. The van der Waals surface area contributed by atoms with Gasteiger partial charge >= 0.3 is 5.97 Å². The van der Waals surface area contributed by atoms with Crippen molar-refractivity contribution in [2.45, 2.75) is 38.5 Å². The van der Waals surface area contributed by atoms with Crippen molar-refractivity contribution in [3.63, 3.8) is 0 Å². The summed E-state index contributed by atoms with van der Waals surface area (Å²) in [6.07, 6.45) is 9.84. The summed E-state index contributed by atoms with van der Waals surface area (Å²) in [4.78, 5) is 10.1. The van der Waals surface area contributed by atoms with Crippen LogP contribution in [-0.4, -0.2) is 17.6 Å². The second-order valence-corrected chi connectivity index (χ2v) is 3.15. The SMILES string of the molecule is [Cl-].[NH3+]CCCCCCC/C=C/C(=O)O. The molecule has 0 fully saturated rings. The summed E-state index contributed by atoms with van der Waals surface area (Å²) >= 11 is 0. The van der Waals surface area contributed by atoms with Crippen LogP contribution in [0.15, 0.2) is 12.2 Å². The van der Waals surface area contributed by atoms with E-state index in [2.05, 4.69) is 5.73 Å². The van der Waals surface area contributed by atoms with Crippen LogP contribution >= 0.6 is 0 Å². The first-order valence-corrected chi connectivity index (χ1v) is 4.96. The Morgan fingerprint density at radius 3 is 2.29 bits per heavy atom. The molecular weight excluding hydrogens is 202 g/mol. The monoisotopic (exact) mass is 221 g/mol. The molecule has 0 aromatic rings. The molecule has 4 heteroatoms. The first-order valence-electron chi connectivity index (χ1n) is 4.96. The molecule has 0 spiro atoms. The fourth-order valence-corrected chi connectivity index (χ4v) is 1.15. The van der Waals surface area contributed by atoms with Gasteiger partial charge in [0.25, 0.3) is 0 Å². The van der Waals surface area contributed by atoms with Crippen LogP contribution in [0.3, 0.4) is 0 Å². The highest BCUT2D eigenvalue weighted by molar-refractivity contribution is 5.79. The van der Waals surface area contributed by atoms with Gasteiger partial charge in [0.15, 0.2) is 0 Å². The van der Waals surface area contributed by atoms with Gasteiger partial charge in [-0.2, -0.15) is 0 Å². The molecule has 0 atom stereocenters. The molecule has 0 saturated heterocycles. The second kappa shape index (κ2) is 12.5. The number of hydrogen-bond donors (Lipinski definition) is 2. The molecule has 14 heavy (non-hydrogen) atoms. The number of allylic oxidation sites excluding steroid dienone is 1. The largest absolute Gasteiger partial charge is 1.00 e. The highest BCUT2D eigenvalue weighted by atomic mass is 35.5. The van der Waals surface area contributed by atoms with Gasteiger partial charge in [-0.15, -0.1) is 0 Å². The molecule has 84 valence electrons. The fourth-order valence-electron chi connectivity index (χ4n) is 1.15. The zero-order valence-electron chi connectivity index (χ0n) is 8.54. The Hall–Kier alpha value is -0.540. The number of aliphatic carboxylic acids is 1. The Balaban J connectivity index is 0. The van der Waals surface area contributed by atoms with Crippen molar-refractivity contribution in [3.8, 4) is 0 Å². The van der Waals surface area contributed by atoms with Crippen molar-refractivity contribution in [2.75, 3.05) is 6.54 Å². The number of rotatable bonds is 8. The Labute approximate surface area is 91.8 Å². The maximum atomic E-state index is 10.1. The van der Waals surface area contributed by atoms with Gasteiger partial charge in [0.2, 0.25) is 0 Å². The maximum absolute atomic E-state index is 10.1. The molecule has 0 aliphatic rings. The zero-order valence-corrected chi connectivity index (χ0v) is 9.30. The summed E-state index contributed by atoms with van der Waals surface area (Å²) in [5, 5.41) is 8.29. The molecule has 0 aromatic carbocycles. The number of halogens is 1. The Morgan fingerprint density at radius 2 is 1.71 bits per heavy atom. The maximum Gasteiger partial charge on any atom is 0.327 e. The van der Waals surface area contributed by atoms with Crippen LogP contribution in [0, 0.1) is 0 Å². The van der Waals surface area contributed by atoms with Crippen LogP contribution in [0.4, 0.5) is 0 Å². The zero-order chi connectivity index (χ0) is 9.94. The number of quaternary nitrogens is 1. The molecule has 0 amide bonds. The van der Waals surface area contributed by atoms with E-state index in [9.17, 15) is 4.79 Å². The van der Waals surface area contributed by atoms with Gasteiger partial charge < -0.3 is 23.2 Å². The van der Waals surface area contributed by atoms with Crippen molar-refractivity contribution >= 4 is 5.97 Å². The van der Waals surface area contributed by atoms with E-state index in [0.717, 1.165) is 19.4 Å². The average Bonchev–Trinajstić information content (AvgIpc) is 2.09. The molecule has 0 heterocycles. The van der Waals surface area contributed by atoms with Crippen molar-refractivity contribution in [2.24, 2.45) is 0 Å². The van der Waals surface area contributed by atoms with E-state index in [1.165, 1.54) is 31.8 Å². The third-order valence-electron chi connectivity index (χ3n) is 1.88. The van der Waals surface area contributed by atoms with E-state index < -0.39 is 5.97 Å².